The number of unbranched alkanes of at least 4 members (excludes halogenated alkanes) is 2. The number of hydrogen-bond acceptors (Lipinski definition) is 3. The molecule has 0 aromatic rings. The van der Waals surface area contributed by atoms with E-state index in [2.05, 4.69) is 0 Å². The summed E-state index contributed by atoms with van der Waals surface area (Å²) in [5, 5.41) is 9.82. The van der Waals surface area contributed by atoms with Gasteiger partial charge in [0.25, 0.3) is 0 Å². The van der Waals surface area contributed by atoms with Crippen molar-refractivity contribution in [3.05, 3.63) is 0 Å². The summed E-state index contributed by atoms with van der Waals surface area (Å²) < 4.78 is 0. The van der Waals surface area contributed by atoms with E-state index in [4.69, 9.17) is 9.94 Å². The number of carboxylic acid groups (broad SMARTS) is 1. The van der Waals surface area contributed by atoms with E-state index < -0.39 is 11.6 Å². The van der Waals surface area contributed by atoms with Gasteiger partial charge in [0.1, 0.15) is 0 Å². The van der Waals surface area contributed by atoms with E-state index in [0.717, 1.165) is 12.8 Å². The molecule has 17 heavy (non-hydrogen) atoms. The van der Waals surface area contributed by atoms with Gasteiger partial charge < -0.3 is 5.11 Å². The van der Waals surface area contributed by atoms with Gasteiger partial charge in [0, 0.05) is 19.9 Å². The van der Waals surface area contributed by atoms with Gasteiger partial charge in [-0.2, -0.15) is 0 Å². The van der Waals surface area contributed by atoms with Crippen molar-refractivity contribution in [3.8, 4) is 0 Å². The Labute approximate surface area is 103 Å². The Kier molecular flexibility index (Phi) is 6.80. The van der Waals surface area contributed by atoms with Gasteiger partial charge in [0.05, 0.1) is 5.60 Å². The summed E-state index contributed by atoms with van der Waals surface area (Å²) in [5.41, 5.74) is -0.396. The topological polar surface area (TPSA) is 66.8 Å². The van der Waals surface area contributed by atoms with E-state index in [1.54, 1.807) is 0 Å². The maximum Gasteiger partial charge on any atom is 0.303 e. The Balaban J connectivity index is 3.87. The third-order valence-corrected chi connectivity index (χ3v) is 1.99. The van der Waals surface area contributed by atoms with Crippen LogP contribution in [0.2, 0.25) is 0 Å². The van der Waals surface area contributed by atoms with E-state index in [9.17, 15) is 9.59 Å². The molecule has 100 valence electrons. The summed E-state index contributed by atoms with van der Waals surface area (Å²) in [6, 6.07) is 0. The minimum atomic E-state index is -0.778. The van der Waals surface area contributed by atoms with E-state index in [1.165, 1.54) is 12.0 Å². The van der Waals surface area contributed by atoms with E-state index in [1.807, 2.05) is 20.8 Å². The third kappa shape index (κ3) is 9.81. The molecule has 0 aliphatic rings. The van der Waals surface area contributed by atoms with Crippen molar-refractivity contribution in [2.45, 2.75) is 59.0 Å². The van der Waals surface area contributed by atoms with Crippen LogP contribution < -0.4 is 0 Å². The second-order valence-corrected chi connectivity index (χ2v) is 5.03. The van der Waals surface area contributed by atoms with Crippen LogP contribution in [0, 0.1) is 0 Å². The van der Waals surface area contributed by atoms with Gasteiger partial charge in [-0.25, -0.2) is 5.06 Å². The van der Waals surface area contributed by atoms with E-state index in [0.29, 0.717) is 13.0 Å². The lowest BCUT2D eigenvalue weighted by atomic mass is 10.2. The molecule has 0 rings (SSSR count). The van der Waals surface area contributed by atoms with Crippen molar-refractivity contribution in [1.82, 2.24) is 5.06 Å². The molecule has 0 bridgehead atoms. The minimum Gasteiger partial charge on any atom is -0.481 e. The molecular formula is C12H23NO4. The highest BCUT2D eigenvalue weighted by molar-refractivity contribution is 5.72. The first-order valence-corrected chi connectivity index (χ1v) is 5.91. The van der Waals surface area contributed by atoms with Gasteiger partial charge in [-0.05, 0) is 33.6 Å². The Bertz CT molecular complexity index is 258. The zero-order valence-corrected chi connectivity index (χ0v) is 11.2. The summed E-state index contributed by atoms with van der Waals surface area (Å²) in [4.78, 5) is 27.1. The molecule has 0 radical (unpaired) electrons. The summed E-state index contributed by atoms with van der Waals surface area (Å²) >= 11 is 0. The summed E-state index contributed by atoms with van der Waals surface area (Å²) in [7, 11) is 0. The van der Waals surface area contributed by atoms with Crippen LogP contribution in [-0.4, -0.2) is 34.2 Å². The predicted octanol–water partition coefficient (Wildman–Crippen LogP) is 2.21. The third-order valence-electron chi connectivity index (χ3n) is 1.99. The summed E-state index contributed by atoms with van der Waals surface area (Å²) in [5.74, 6) is -0.905. The van der Waals surface area contributed by atoms with Crippen LogP contribution in [0.25, 0.3) is 0 Å². The number of carbonyl (C=O) groups is 2. The molecule has 1 amide bonds. The van der Waals surface area contributed by atoms with Crippen LogP contribution >= 0.6 is 0 Å². The maximum atomic E-state index is 11.3. The van der Waals surface area contributed by atoms with Crippen LogP contribution in [0.4, 0.5) is 0 Å². The Morgan fingerprint density at radius 2 is 1.76 bits per heavy atom. The number of hydroxylamine groups is 2. The highest BCUT2D eigenvalue weighted by atomic mass is 16.7. The van der Waals surface area contributed by atoms with Gasteiger partial charge in [0.15, 0.2) is 0 Å². The number of carboxylic acids is 1. The van der Waals surface area contributed by atoms with Crippen LogP contribution in [0.15, 0.2) is 0 Å². The second-order valence-electron chi connectivity index (χ2n) is 5.03. The molecule has 0 atom stereocenters. The minimum absolute atomic E-state index is 0.127. The molecule has 0 aromatic carbocycles. The molecule has 0 spiro atoms. The molecule has 5 nitrogen and oxygen atoms in total. The monoisotopic (exact) mass is 245 g/mol. The molecule has 0 aliphatic heterocycles. The molecule has 0 heterocycles. The van der Waals surface area contributed by atoms with Gasteiger partial charge in [-0.1, -0.05) is 6.42 Å². The standard InChI is InChI=1S/C12H23NO4/c1-10(14)13(17-12(2,3)4)9-7-5-6-8-11(15)16/h5-9H2,1-4H3,(H,15,16). The summed E-state index contributed by atoms with van der Waals surface area (Å²) in [6.07, 6.45) is 2.35. The van der Waals surface area contributed by atoms with Crippen molar-refractivity contribution in [3.63, 3.8) is 0 Å². The quantitative estimate of drug-likeness (QED) is 0.551. The lowest BCUT2D eigenvalue weighted by Gasteiger charge is -2.28. The van der Waals surface area contributed by atoms with Crippen molar-refractivity contribution >= 4 is 11.9 Å². The molecule has 0 aromatic heterocycles. The fraction of sp³-hybridized carbons (Fsp3) is 0.833. The van der Waals surface area contributed by atoms with Crippen LogP contribution in [0.5, 0.6) is 0 Å². The number of aliphatic carboxylic acids is 1. The highest BCUT2D eigenvalue weighted by Crippen LogP contribution is 2.12. The molecule has 1 N–H and O–H groups in total. The normalized spacial score (nSPS) is 11.3. The molecule has 0 aliphatic carbocycles. The van der Waals surface area contributed by atoms with Gasteiger partial charge in [0.2, 0.25) is 5.91 Å². The fourth-order valence-corrected chi connectivity index (χ4v) is 1.31. The number of hydrogen-bond donors (Lipinski definition) is 1. The van der Waals surface area contributed by atoms with E-state index in [-0.39, 0.29) is 12.3 Å². The first kappa shape index (κ1) is 15.9. The van der Waals surface area contributed by atoms with E-state index >= 15 is 0 Å². The fourth-order valence-electron chi connectivity index (χ4n) is 1.31. The molecule has 5 heteroatoms. The van der Waals surface area contributed by atoms with Crippen molar-refractivity contribution in [2.75, 3.05) is 6.54 Å². The first-order chi connectivity index (χ1) is 7.72. The Morgan fingerprint density at radius 1 is 1.18 bits per heavy atom. The maximum absolute atomic E-state index is 11.3. The lowest BCUT2D eigenvalue weighted by molar-refractivity contribution is -0.225. The smallest absolute Gasteiger partial charge is 0.303 e. The first-order valence-electron chi connectivity index (χ1n) is 5.91. The van der Waals surface area contributed by atoms with Gasteiger partial charge >= 0.3 is 5.97 Å². The summed E-state index contributed by atoms with van der Waals surface area (Å²) in [6.45, 7) is 7.61. The molecule has 0 saturated heterocycles. The molecule has 0 fully saturated rings. The Morgan fingerprint density at radius 3 is 2.18 bits per heavy atom. The van der Waals surface area contributed by atoms with Gasteiger partial charge in [-0.15, -0.1) is 0 Å². The molecular weight excluding hydrogens is 222 g/mol. The number of nitrogens with zero attached hydrogens (tertiary/aromatic N) is 1. The highest BCUT2D eigenvalue weighted by Gasteiger charge is 2.18. The second kappa shape index (κ2) is 7.27. The largest absolute Gasteiger partial charge is 0.481 e. The molecule has 0 unspecified atom stereocenters. The average Bonchev–Trinajstić information content (AvgIpc) is 2.12. The number of carbonyl (C=O) groups excluding carboxylic acids is 1. The van der Waals surface area contributed by atoms with Gasteiger partial charge in [-0.3, -0.25) is 14.4 Å². The van der Waals surface area contributed by atoms with Crippen LogP contribution in [0.1, 0.15) is 53.4 Å². The van der Waals surface area contributed by atoms with Crippen LogP contribution in [-0.2, 0) is 14.4 Å². The predicted molar refractivity (Wildman–Crippen MR) is 64.3 cm³/mol. The van der Waals surface area contributed by atoms with Crippen molar-refractivity contribution in [1.29, 1.82) is 0 Å². The average molecular weight is 245 g/mol. The number of amides is 1. The molecule has 0 saturated carbocycles. The SMILES string of the molecule is CC(=O)N(CCCCCC(=O)O)OC(C)(C)C. The lowest BCUT2D eigenvalue weighted by Crippen LogP contribution is -2.37. The number of rotatable bonds is 7. The van der Waals surface area contributed by atoms with Crippen molar-refractivity contribution in [2.24, 2.45) is 0 Å². The zero-order chi connectivity index (χ0) is 13.5. The van der Waals surface area contributed by atoms with Crippen molar-refractivity contribution < 1.29 is 19.5 Å². The Hall–Kier alpha value is -1.10. The van der Waals surface area contributed by atoms with Crippen LogP contribution in [0.3, 0.4) is 0 Å². The zero-order valence-electron chi connectivity index (χ0n) is 11.2.